The first-order valence-electron chi connectivity index (χ1n) is 6.23. The van der Waals surface area contributed by atoms with Gasteiger partial charge in [-0.1, -0.05) is 0 Å². The molecule has 1 amide bonds. The van der Waals surface area contributed by atoms with Gasteiger partial charge in [-0.3, -0.25) is 4.79 Å². The summed E-state index contributed by atoms with van der Waals surface area (Å²) in [5.74, 6) is 0.113. The Morgan fingerprint density at radius 3 is 2.53 bits per heavy atom. The zero-order valence-corrected chi connectivity index (χ0v) is 10.8. The van der Waals surface area contributed by atoms with E-state index in [0.29, 0.717) is 6.04 Å². The highest BCUT2D eigenvalue weighted by atomic mass is 16.2. The van der Waals surface area contributed by atoms with Gasteiger partial charge in [0.05, 0.1) is 0 Å². The molecule has 94 valence electrons. The second kappa shape index (κ2) is 4.92. The van der Waals surface area contributed by atoms with E-state index in [9.17, 15) is 4.79 Å². The average Bonchev–Trinajstić information content (AvgIpc) is 2.68. The highest BCUT2D eigenvalue weighted by molar-refractivity contribution is 5.94. The standard InChI is InChI=1S/C13H21N3O/c1-9-8-10(2)15-12(9)13(17)16(3)11-4-6-14-7-5-11/h8,11,14-15H,4-7H2,1-3H3. The summed E-state index contributed by atoms with van der Waals surface area (Å²) < 4.78 is 0. The molecule has 0 spiro atoms. The van der Waals surface area contributed by atoms with Crippen molar-refractivity contribution in [3.05, 3.63) is 23.0 Å². The fraction of sp³-hybridized carbons (Fsp3) is 0.615. The number of aromatic amines is 1. The van der Waals surface area contributed by atoms with Crippen molar-refractivity contribution in [2.45, 2.75) is 32.7 Å². The summed E-state index contributed by atoms with van der Waals surface area (Å²) in [4.78, 5) is 17.4. The van der Waals surface area contributed by atoms with E-state index in [-0.39, 0.29) is 5.91 Å². The van der Waals surface area contributed by atoms with Crippen molar-refractivity contribution >= 4 is 5.91 Å². The van der Waals surface area contributed by atoms with E-state index in [2.05, 4.69) is 10.3 Å². The summed E-state index contributed by atoms with van der Waals surface area (Å²) in [5, 5.41) is 3.32. The number of nitrogens with one attached hydrogen (secondary N) is 2. The van der Waals surface area contributed by atoms with Crippen molar-refractivity contribution in [3.63, 3.8) is 0 Å². The molecule has 1 aromatic rings. The Kier molecular flexibility index (Phi) is 3.52. The van der Waals surface area contributed by atoms with Gasteiger partial charge in [0.2, 0.25) is 0 Å². The second-order valence-corrected chi connectivity index (χ2v) is 4.91. The molecule has 4 heteroatoms. The number of hydrogen-bond donors (Lipinski definition) is 2. The molecule has 1 aliphatic rings. The van der Waals surface area contributed by atoms with Crippen LogP contribution < -0.4 is 5.32 Å². The molecule has 0 radical (unpaired) electrons. The third-order valence-electron chi connectivity index (χ3n) is 3.54. The van der Waals surface area contributed by atoms with Crippen molar-refractivity contribution in [1.29, 1.82) is 0 Å². The van der Waals surface area contributed by atoms with Crippen LogP contribution in [0.2, 0.25) is 0 Å². The van der Waals surface area contributed by atoms with Gasteiger partial charge >= 0.3 is 0 Å². The summed E-state index contributed by atoms with van der Waals surface area (Å²) in [7, 11) is 1.91. The molecule has 0 saturated carbocycles. The topological polar surface area (TPSA) is 48.1 Å². The molecule has 0 aliphatic carbocycles. The lowest BCUT2D eigenvalue weighted by Gasteiger charge is -2.31. The van der Waals surface area contributed by atoms with Gasteiger partial charge in [-0.05, 0) is 51.4 Å². The minimum absolute atomic E-state index is 0.113. The Morgan fingerprint density at radius 2 is 2.00 bits per heavy atom. The van der Waals surface area contributed by atoms with Gasteiger partial charge in [0.15, 0.2) is 0 Å². The summed E-state index contributed by atoms with van der Waals surface area (Å²) >= 11 is 0. The SMILES string of the molecule is Cc1cc(C)c(C(=O)N(C)C2CCNCC2)[nH]1. The molecule has 1 fully saturated rings. The molecular weight excluding hydrogens is 214 g/mol. The van der Waals surface area contributed by atoms with Crippen LogP contribution in [0.3, 0.4) is 0 Å². The first kappa shape index (κ1) is 12.2. The highest BCUT2D eigenvalue weighted by Crippen LogP contribution is 2.16. The molecule has 0 atom stereocenters. The lowest BCUT2D eigenvalue weighted by atomic mass is 10.0. The van der Waals surface area contributed by atoms with Gasteiger partial charge in [-0.2, -0.15) is 0 Å². The first-order valence-corrected chi connectivity index (χ1v) is 6.23. The number of nitrogens with zero attached hydrogens (tertiary/aromatic N) is 1. The molecule has 17 heavy (non-hydrogen) atoms. The summed E-state index contributed by atoms with van der Waals surface area (Å²) in [6, 6.07) is 2.38. The predicted octanol–water partition coefficient (Wildman–Crippen LogP) is 1.46. The van der Waals surface area contributed by atoms with E-state index in [1.165, 1.54) is 0 Å². The van der Waals surface area contributed by atoms with E-state index < -0.39 is 0 Å². The number of carbonyl (C=O) groups excluding carboxylic acids is 1. The van der Waals surface area contributed by atoms with Crippen LogP contribution in [-0.4, -0.2) is 42.0 Å². The van der Waals surface area contributed by atoms with Crippen LogP contribution in [0.5, 0.6) is 0 Å². The molecule has 4 nitrogen and oxygen atoms in total. The quantitative estimate of drug-likeness (QED) is 0.815. The maximum absolute atomic E-state index is 12.4. The van der Waals surface area contributed by atoms with Crippen molar-refractivity contribution in [2.24, 2.45) is 0 Å². The lowest BCUT2D eigenvalue weighted by Crippen LogP contribution is -2.44. The maximum atomic E-state index is 12.4. The Balaban J connectivity index is 2.11. The van der Waals surface area contributed by atoms with E-state index in [1.54, 1.807) is 0 Å². The Morgan fingerprint density at radius 1 is 1.35 bits per heavy atom. The van der Waals surface area contributed by atoms with Crippen molar-refractivity contribution in [2.75, 3.05) is 20.1 Å². The molecule has 2 heterocycles. The molecular formula is C13H21N3O. The minimum atomic E-state index is 0.113. The van der Waals surface area contributed by atoms with E-state index in [1.807, 2.05) is 31.9 Å². The third kappa shape index (κ3) is 2.52. The van der Waals surface area contributed by atoms with Gasteiger partial charge in [0, 0.05) is 18.8 Å². The van der Waals surface area contributed by atoms with Gasteiger partial charge in [0.1, 0.15) is 5.69 Å². The highest BCUT2D eigenvalue weighted by Gasteiger charge is 2.24. The van der Waals surface area contributed by atoms with Gasteiger partial charge < -0.3 is 15.2 Å². The van der Waals surface area contributed by atoms with Crippen molar-refractivity contribution < 1.29 is 4.79 Å². The second-order valence-electron chi connectivity index (χ2n) is 4.91. The third-order valence-corrected chi connectivity index (χ3v) is 3.54. The van der Waals surface area contributed by atoms with Crippen LogP contribution in [0.25, 0.3) is 0 Å². The Labute approximate surface area is 102 Å². The number of hydrogen-bond acceptors (Lipinski definition) is 2. The smallest absolute Gasteiger partial charge is 0.270 e. The maximum Gasteiger partial charge on any atom is 0.270 e. The van der Waals surface area contributed by atoms with E-state index in [4.69, 9.17) is 0 Å². The van der Waals surface area contributed by atoms with Gasteiger partial charge in [-0.15, -0.1) is 0 Å². The van der Waals surface area contributed by atoms with Crippen LogP contribution in [0.15, 0.2) is 6.07 Å². The van der Waals surface area contributed by atoms with Crippen LogP contribution in [0.1, 0.15) is 34.6 Å². The Bertz CT molecular complexity index is 405. The summed E-state index contributed by atoms with van der Waals surface area (Å²) in [6.45, 7) is 5.97. The molecule has 0 unspecified atom stereocenters. The monoisotopic (exact) mass is 235 g/mol. The van der Waals surface area contributed by atoms with Crippen LogP contribution in [0.4, 0.5) is 0 Å². The van der Waals surface area contributed by atoms with Gasteiger partial charge in [0.25, 0.3) is 5.91 Å². The predicted molar refractivity (Wildman–Crippen MR) is 68.3 cm³/mol. The van der Waals surface area contributed by atoms with Crippen LogP contribution in [0, 0.1) is 13.8 Å². The number of aromatic nitrogens is 1. The number of carbonyl (C=O) groups is 1. The fourth-order valence-electron chi connectivity index (χ4n) is 2.49. The summed E-state index contributed by atoms with van der Waals surface area (Å²) in [5.41, 5.74) is 2.82. The number of H-pyrrole nitrogens is 1. The zero-order chi connectivity index (χ0) is 12.4. The molecule has 2 rings (SSSR count). The van der Waals surface area contributed by atoms with Crippen molar-refractivity contribution in [1.82, 2.24) is 15.2 Å². The Hall–Kier alpha value is -1.29. The summed E-state index contributed by atoms with van der Waals surface area (Å²) in [6.07, 6.45) is 2.09. The zero-order valence-electron chi connectivity index (χ0n) is 10.8. The molecule has 1 saturated heterocycles. The molecule has 0 aromatic carbocycles. The minimum Gasteiger partial charge on any atom is -0.354 e. The molecule has 1 aromatic heterocycles. The largest absolute Gasteiger partial charge is 0.354 e. The van der Waals surface area contributed by atoms with Gasteiger partial charge in [-0.25, -0.2) is 0 Å². The normalized spacial score (nSPS) is 17.1. The number of piperidine rings is 1. The fourth-order valence-corrected chi connectivity index (χ4v) is 2.49. The van der Waals surface area contributed by atoms with E-state index in [0.717, 1.165) is 42.9 Å². The average molecular weight is 235 g/mol. The van der Waals surface area contributed by atoms with Crippen LogP contribution >= 0.6 is 0 Å². The first-order chi connectivity index (χ1) is 8.09. The number of rotatable bonds is 2. The molecule has 0 bridgehead atoms. The number of amides is 1. The number of aryl methyl sites for hydroxylation is 2. The van der Waals surface area contributed by atoms with Crippen LogP contribution in [-0.2, 0) is 0 Å². The lowest BCUT2D eigenvalue weighted by molar-refractivity contribution is 0.0697. The van der Waals surface area contributed by atoms with E-state index >= 15 is 0 Å². The molecule has 2 N–H and O–H groups in total. The molecule has 1 aliphatic heterocycles. The van der Waals surface area contributed by atoms with Crippen molar-refractivity contribution in [3.8, 4) is 0 Å².